The van der Waals surface area contributed by atoms with Crippen LogP contribution >= 0.6 is 0 Å². The van der Waals surface area contributed by atoms with Crippen molar-refractivity contribution < 1.29 is 4.74 Å². The monoisotopic (exact) mass is 342 g/mol. The summed E-state index contributed by atoms with van der Waals surface area (Å²) in [6, 6.07) is 10.1. The fourth-order valence-corrected chi connectivity index (χ4v) is 3.01. The SMILES string of the molecule is CCNC(=NCc1ccn[nH]1)N1CCN(c2ccccc2OC)CC1. The van der Waals surface area contributed by atoms with Crippen molar-refractivity contribution in [2.45, 2.75) is 13.5 Å². The van der Waals surface area contributed by atoms with Crippen LogP contribution < -0.4 is 15.0 Å². The van der Waals surface area contributed by atoms with Crippen LogP contribution in [0, 0.1) is 0 Å². The summed E-state index contributed by atoms with van der Waals surface area (Å²) >= 11 is 0. The summed E-state index contributed by atoms with van der Waals surface area (Å²) in [6.07, 6.45) is 1.75. The van der Waals surface area contributed by atoms with Crippen molar-refractivity contribution in [2.75, 3.05) is 44.7 Å². The first-order valence-electron chi connectivity index (χ1n) is 8.71. The Bertz CT molecular complexity index is 677. The van der Waals surface area contributed by atoms with Gasteiger partial charge in [-0.05, 0) is 25.1 Å². The highest BCUT2D eigenvalue weighted by Crippen LogP contribution is 2.28. The average molecular weight is 342 g/mol. The van der Waals surface area contributed by atoms with Gasteiger partial charge in [0, 0.05) is 38.9 Å². The minimum atomic E-state index is 0.606. The molecule has 2 N–H and O–H groups in total. The number of aromatic amines is 1. The van der Waals surface area contributed by atoms with Crippen LogP contribution in [0.5, 0.6) is 5.75 Å². The second-order valence-electron chi connectivity index (χ2n) is 5.90. The van der Waals surface area contributed by atoms with Gasteiger partial charge >= 0.3 is 0 Å². The Morgan fingerprint density at radius 1 is 1.24 bits per heavy atom. The molecular formula is C18H26N6O. The van der Waals surface area contributed by atoms with Gasteiger partial charge in [0.1, 0.15) is 5.75 Å². The molecule has 2 heterocycles. The number of aromatic nitrogens is 2. The number of ether oxygens (including phenoxy) is 1. The molecule has 0 aliphatic carbocycles. The van der Waals surface area contributed by atoms with E-state index in [2.05, 4.69) is 44.4 Å². The number of nitrogens with zero attached hydrogens (tertiary/aromatic N) is 4. The van der Waals surface area contributed by atoms with Gasteiger partial charge in [0.25, 0.3) is 0 Å². The molecule has 0 spiro atoms. The third-order valence-corrected chi connectivity index (χ3v) is 4.30. The number of aliphatic imine (C=N–C) groups is 1. The van der Waals surface area contributed by atoms with Crippen LogP contribution in [0.25, 0.3) is 0 Å². The van der Waals surface area contributed by atoms with Gasteiger partial charge in [-0.3, -0.25) is 5.10 Å². The summed E-state index contributed by atoms with van der Waals surface area (Å²) in [4.78, 5) is 9.41. The van der Waals surface area contributed by atoms with Crippen LogP contribution in [0.2, 0.25) is 0 Å². The number of hydrogen-bond acceptors (Lipinski definition) is 4. The number of guanidine groups is 1. The Hall–Kier alpha value is -2.70. The van der Waals surface area contributed by atoms with Crippen LogP contribution in [-0.4, -0.2) is 60.9 Å². The number of H-pyrrole nitrogens is 1. The van der Waals surface area contributed by atoms with Crippen molar-refractivity contribution in [1.82, 2.24) is 20.4 Å². The maximum absolute atomic E-state index is 5.49. The fraction of sp³-hybridized carbons (Fsp3) is 0.444. The van der Waals surface area contributed by atoms with Crippen molar-refractivity contribution in [1.29, 1.82) is 0 Å². The Balaban J connectivity index is 1.63. The number of benzene rings is 1. The molecule has 0 bridgehead atoms. The predicted molar refractivity (Wildman–Crippen MR) is 100 cm³/mol. The minimum Gasteiger partial charge on any atom is -0.495 e. The van der Waals surface area contributed by atoms with Gasteiger partial charge in [0.2, 0.25) is 0 Å². The average Bonchev–Trinajstić information content (AvgIpc) is 3.19. The van der Waals surface area contributed by atoms with Crippen LogP contribution in [0.4, 0.5) is 5.69 Å². The smallest absolute Gasteiger partial charge is 0.194 e. The van der Waals surface area contributed by atoms with E-state index in [0.29, 0.717) is 6.54 Å². The summed E-state index contributed by atoms with van der Waals surface area (Å²) in [5.74, 6) is 1.88. The maximum atomic E-state index is 5.49. The first-order valence-corrected chi connectivity index (χ1v) is 8.71. The zero-order valence-electron chi connectivity index (χ0n) is 14.9. The molecule has 2 aromatic rings. The molecule has 25 heavy (non-hydrogen) atoms. The molecule has 0 saturated carbocycles. The van der Waals surface area contributed by atoms with Gasteiger partial charge < -0.3 is 19.9 Å². The molecule has 1 aromatic carbocycles. The molecule has 1 saturated heterocycles. The van der Waals surface area contributed by atoms with Crippen molar-refractivity contribution in [2.24, 2.45) is 4.99 Å². The highest BCUT2D eigenvalue weighted by molar-refractivity contribution is 5.80. The largest absolute Gasteiger partial charge is 0.495 e. The summed E-state index contributed by atoms with van der Waals surface area (Å²) < 4.78 is 5.49. The van der Waals surface area contributed by atoms with E-state index in [4.69, 9.17) is 9.73 Å². The van der Waals surface area contributed by atoms with E-state index < -0.39 is 0 Å². The molecule has 3 rings (SSSR count). The minimum absolute atomic E-state index is 0.606. The lowest BCUT2D eigenvalue weighted by atomic mass is 10.2. The third kappa shape index (κ3) is 4.23. The fourth-order valence-electron chi connectivity index (χ4n) is 3.01. The van der Waals surface area contributed by atoms with E-state index in [-0.39, 0.29) is 0 Å². The maximum Gasteiger partial charge on any atom is 0.194 e. The molecule has 0 radical (unpaired) electrons. The lowest BCUT2D eigenvalue weighted by Gasteiger charge is -2.38. The van der Waals surface area contributed by atoms with E-state index in [1.165, 1.54) is 0 Å². The lowest BCUT2D eigenvalue weighted by molar-refractivity contribution is 0.367. The third-order valence-electron chi connectivity index (χ3n) is 4.30. The zero-order chi connectivity index (χ0) is 17.5. The molecule has 1 fully saturated rings. The van der Waals surface area contributed by atoms with Crippen LogP contribution in [0.15, 0.2) is 41.5 Å². The lowest BCUT2D eigenvalue weighted by Crippen LogP contribution is -2.52. The van der Waals surface area contributed by atoms with Crippen molar-refractivity contribution in [3.63, 3.8) is 0 Å². The highest BCUT2D eigenvalue weighted by atomic mass is 16.5. The Morgan fingerprint density at radius 3 is 2.72 bits per heavy atom. The first kappa shape index (κ1) is 17.1. The summed E-state index contributed by atoms with van der Waals surface area (Å²) in [6.45, 7) is 7.28. The predicted octanol–water partition coefficient (Wildman–Crippen LogP) is 1.71. The van der Waals surface area contributed by atoms with Gasteiger partial charge in [-0.2, -0.15) is 5.10 Å². The molecule has 7 nitrogen and oxygen atoms in total. The zero-order valence-corrected chi connectivity index (χ0v) is 14.9. The van der Waals surface area contributed by atoms with E-state index in [1.54, 1.807) is 13.3 Å². The number of piperazine rings is 1. The summed E-state index contributed by atoms with van der Waals surface area (Å²) in [7, 11) is 1.72. The number of anilines is 1. The second kappa shape index (κ2) is 8.41. The van der Waals surface area contributed by atoms with Crippen LogP contribution in [-0.2, 0) is 6.54 Å². The molecule has 1 aliphatic heterocycles. The van der Waals surface area contributed by atoms with Crippen molar-refractivity contribution in [3.8, 4) is 5.75 Å². The molecule has 1 aromatic heterocycles. The molecule has 1 aliphatic rings. The molecule has 7 heteroatoms. The van der Waals surface area contributed by atoms with Gasteiger partial charge in [-0.1, -0.05) is 12.1 Å². The van der Waals surface area contributed by atoms with Crippen molar-refractivity contribution in [3.05, 3.63) is 42.2 Å². The van der Waals surface area contributed by atoms with E-state index >= 15 is 0 Å². The van der Waals surface area contributed by atoms with Gasteiger partial charge in [0.05, 0.1) is 25.0 Å². The number of rotatable bonds is 5. The Labute approximate surface area is 148 Å². The van der Waals surface area contributed by atoms with Crippen molar-refractivity contribution >= 4 is 11.6 Å². The van der Waals surface area contributed by atoms with E-state index in [9.17, 15) is 0 Å². The summed E-state index contributed by atoms with van der Waals surface area (Å²) in [5.41, 5.74) is 2.17. The number of hydrogen-bond donors (Lipinski definition) is 2. The normalized spacial score (nSPS) is 15.4. The van der Waals surface area contributed by atoms with Gasteiger partial charge in [-0.15, -0.1) is 0 Å². The molecule has 0 amide bonds. The number of nitrogens with one attached hydrogen (secondary N) is 2. The quantitative estimate of drug-likeness (QED) is 0.639. The van der Waals surface area contributed by atoms with E-state index in [1.807, 2.05) is 18.2 Å². The standard InChI is InChI=1S/C18H26N6O/c1-3-19-18(20-14-15-8-9-21-22-15)24-12-10-23(11-13-24)16-6-4-5-7-17(16)25-2/h4-9H,3,10-14H2,1-2H3,(H,19,20)(H,21,22). The first-order chi connectivity index (χ1) is 12.3. The number of para-hydroxylation sites is 2. The van der Waals surface area contributed by atoms with Gasteiger partial charge in [-0.25, -0.2) is 4.99 Å². The topological polar surface area (TPSA) is 68.8 Å². The van der Waals surface area contributed by atoms with Crippen LogP contribution in [0.3, 0.4) is 0 Å². The Kier molecular flexibility index (Phi) is 5.77. The Morgan fingerprint density at radius 2 is 2.04 bits per heavy atom. The summed E-state index contributed by atoms with van der Waals surface area (Å²) in [5, 5.41) is 10.3. The molecular weight excluding hydrogens is 316 g/mol. The molecule has 134 valence electrons. The number of methoxy groups -OCH3 is 1. The molecule has 0 atom stereocenters. The second-order valence-corrected chi connectivity index (χ2v) is 5.90. The van der Waals surface area contributed by atoms with Crippen LogP contribution in [0.1, 0.15) is 12.6 Å². The van der Waals surface area contributed by atoms with E-state index in [0.717, 1.165) is 55.8 Å². The van der Waals surface area contributed by atoms with Gasteiger partial charge in [0.15, 0.2) is 5.96 Å². The highest BCUT2D eigenvalue weighted by Gasteiger charge is 2.21. The molecule has 0 unspecified atom stereocenters.